The highest BCUT2D eigenvalue weighted by molar-refractivity contribution is 8.15. The number of thioether (sulfide) groups is 1. The van der Waals surface area contributed by atoms with Crippen molar-refractivity contribution in [1.29, 1.82) is 0 Å². The van der Waals surface area contributed by atoms with Crippen LogP contribution in [0.25, 0.3) is 0 Å². The first-order valence-electron chi connectivity index (χ1n) is 11.0. The molecule has 5 rings (SSSR count). The molecule has 3 aromatic rings. The maximum atomic E-state index is 15.0. The summed E-state index contributed by atoms with van der Waals surface area (Å²) in [6.45, 7) is 2.70. The third-order valence-electron chi connectivity index (χ3n) is 6.52. The van der Waals surface area contributed by atoms with Crippen molar-refractivity contribution in [2.75, 3.05) is 12.0 Å². The predicted octanol–water partition coefficient (Wildman–Crippen LogP) is 4.49. The molecule has 0 bridgehead atoms. The molecule has 2 aliphatic rings. The Bertz CT molecular complexity index is 1370. The van der Waals surface area contributed by atoms with Crippen molar-refractivity contribution in [2.45, 2.75) is 37.2 Å². The van der Waals surface area contributed by atoms with Crippen molar-refractivity contribution in [3.05, 3.63) is 71.2 Å². The van der Waals surface area contributed by atoms with Gasteiger partial charge in [-0.2, -0.15) is 0 Å². The molecule has 1 aliphatic heterocycles. The van der Waals surface area contributed by atoms with E-state index in [9.17, 15) is 18.0 Å². The van der Waals surface area contributed by atoms with E-state index in [0.29, 0.717) is 23.6 Å². The molecule has 188 valence electrons. The topological polar surface area (TPSA) is 116 Å². The maximum Gasteiger partial charge on any atom is 0.274 e. The number of alkyl halides is 1. The van der Waals surface area contributed by atoms with Gasteiger partial charge >= 0.3 is 0 Å². The first kappa shape index (κ1) is 24.2. The molecule has 0 spiro atoms. The van der Waals surface area contributed by atoms with Crippen LogP contribution in [0.4, 0.5) is 18.9 Å². The van der Waals surface area contributed by atoms with E-state index >= 15 is 0 Å². The Balaban J connectivity index is 1.38. The molecule has 1 fully saturated rings. The molecule has 0 unspecified atom stereocenters. The fraction of sp³-hybridized carbons (Fsp3) is 0.333. The molecule has 3 N–H and O–H groups in total. The number of carbonyl (C=O) groups is 1. The summed E-state index contributed by atoms with van der Waals surface area (Å²) >= 11 is 1.13. The number of fused-ring (bicyclic) bond motifs is 1. The number of nitrogens with zero attached hydrogens (tertiary/aromatic N) is 3. The molecule has 36 heavy (non-hydrogen) atoms. The highest BCUT2D eigenvalue weighted by Crippen LogP contribution is 2.66. The Morgan fingerprint density at radius 2 is 2.14 bits per heavy atom. The Morgan fingerprint density at radius 1 is 1.33 bits per heavy atom. The Hall–Kier alpha value is -3.54. The van der Waals surface area contributed by atoms with E-state index < -0.39 is 34.5 Å². The van der Waals surface area contributed by atoms with Crippen molar-refractivity contribution >= 4 is 28.5 Å². The summed E-state index contributed by atoms with van der Waals surface area (Å²) < 4.78 is 53.2. The molecular formula is C24H22F3N5O3S. The highest BCUT2D eigenvalue weighted by atomic mass is 32.2. The summed E-state index contributed by atoms with van der Waals surface area (Å²) in [4.78, 5) is 25.4. The quantitative estimate of drug-likeness (QED) is 0.474. The number of hydrogen-bond donors (Lipinski definition) is 2. The first-order chi connectivity index (χ1) is 17.1. The maximum absolute atomic E-state index is 15.0. The minimum atomic E-state index is -1.27. The zero-order chi connectivity index (χ0) is 25.7. The molecule has 12 heteroatoms. The van der Waals surface area contributed by atoms with Crippen LogP contribution in [0.5, 0.6) is 5.75 Å². The monoisotopic (exact) mass is 517 g/mol. The van der Waals surface area contributed by atoms with E-state index in [1.165, 1.54) is 24.7 Å². The van der Waals surface area contributed by atoms with E-state index in [0.717, 1.165) is 17.8 Å². The fourth-order valence-corrected chi connectivity index (χ4v) is 5.95. The molecule has 3 atom stereocenters. The van der Waals surface area contributed by atoms with Crippen LogP contribution in [0.1, 0.15) is 40.9 Å². The lowest BCUT2D eigenvalue weighted by molar-refractivity contribution is 0.102. The lowest BCUT2D eigenvalue weighted by Gasteiger charge is -2.33. The number of oxazole rings is 1. The number of hydrogen-bond acceptors (Lipinski definition) is 8. The van der Waals surface area contributed by atoms with Gasteiger partial charge in [0.2, 0.25) is 5.89 Å². The van der Waals surface area contributed by atoms with Gasteiger partial charge in [-0.15, -0.1) is 0 Å². The number of nitrogens with two attached hydrogens (primary N) is 1. The summed E-state index contributed by atoms with van der Waals surface area (Å²) in [6.07, 6.45) is 4.72. The Kier molecular flexibility index (Phi) is 5.93. The number of amides is 1. The normalized spacial score (nSPS) is 24.6. The molecule has 0 radical (unpaired) electrons. The molecule has 1 amide bonds. The highest BCUT2D eigenvalue weighted by Gasteiger charge is 2.66. The lowest BCUT2D eigenvalue weighted by atomic mass is 9.85. The minimum absolute atomic E-state index is 0.0130. The van der Waals surface area contributed by atoms with Crippen molar-refractivity contribution in [3.63, 3.8) is 0 Å². The van der Waals surface area contributed by atoms with E-state index in [1.807, 2.05) is 0 Å². The van der Waals surface area contributed by atoms with Crippen molar-refractivity contribution < 1.29 is 27.1 Å². The molecule has 0 saturated heterocycles. The van der Waals surface area contributed by atoms with Gasteiger partial charge in [0.15, 0.2) is 23.4 Å². The number of nitrogens with one attached hydrogen (secondary N) is 1. The van der Waals surface area contributed by atoms with E-state index in [1.54, 1.807) is 19.9 Å². The standard InChI is InChI=1S/C24H22F3N5O3S/c1-12-5-14(35-10-18-29-3-4-34-18)9-30-20(12)21(33)31-13-6-15(19(27)16(26)7-13)23(2)17-8-24(17,11-25)36-22(28)32-23/h3-7,9,17H,8,10-11H2,1-2H3,(H2,28,32)(H,31,33)/t17-,23-,24+/m0/s1. The van der Waals surface area contributed by atoms with Crippen LogP contribution in [-0.4, -0.2) is 32.5 Å². The fourth-order valence-electron chi connectivity index (χ4n) is 4.63. The van der Waals surface area contributed by atoms with Crippen LogP contribution in [0.3, 0.4) is 0 Å². The number of aryl methyl sites for hydroxylation is 1. The number of amidine groups is 1. The number of ether oxygens (including phenoxy) is 1. The zero-order valence-electron chi connectivity index (χ0n) is 19.3. The summed E-state index contributed by atoms with van der Waals surface area (Å²) in [6, 6.07) is 3.81. The van der Waals surface area contributed by atoms with Gasteiger partial charge in [-0.25, -0.2) is 23.1 Å². The minimum Gasteiger partial charge on any atom is -0.482 e. The van der Waals surface area contributed by atoms with E-state index in [4.69, 9.17) is 14.9 Å². The summed E-state index contributed by atoms with van der Waals surface area (Å²) in [5.41, 5.74) is 5.14. The molecule has 1 saturated carbocycles. The number of anilines is 1. The van der Waals surface area contributed by atoms with Crippen LogP contribution in [-0.2, 0) is 12.1 Å². The average molecular weight is 518 g/mol. The van der Waals surface area contributed by atoms with Crippen molar-refractivity contribution in [1.82, 2.24) is 9.97 Å². The van der Waals surface area contributed by atoms with Gasteiger partial charge in [0.05, 0.1) is 22.7 Å². The van der Waals surface area contributed by atoms with Crippen LogP contribution >= 0.6 is 11.8 Å². The van der Waals surface area contributed by atoms with Gasteiger partial charge < -0.3 is 20.2 Å². The third-order valence-corrected chi connectivity index (χ3v) is 7.79. The van der Waals surface area contributed by atoms with Gasteiger partial charge in [0, 0.05) is 23.2 Å². The Labute approximate surface area is 208 Å². The SMILES string of the molecule is Cc1cc(OCc2ncco2)cnc1C(=O)Nc1cc(F)c(F)c([C@]2(C)N=C(N)S[C@@]3(CF)C[C@H]32)c1. The van der Waals surface area contributed by atoms with E-state index in [-0.39, 0.29) is 34.6 Å². The summed E-state index contributed by atoms with van der Waals surface area (Å²) in [5.74, 6) is -2.48. The van der Waals surface area contributed by atoms with Crippen molar-refractivity contribution in [2.24, 2.45) is 16.6 Å². The predicted molar refractivity (Wildman–Crippen MR) is 127 cm³/mol. The second-order valence-electron chi connectivity index (χ2n) is 8.98. The number of halogens is 3. The number of pyridine rings is 1. The van der Waals surface area contributed by atoms with Crippen LogP contribution in [0, 0.1) is 24.5 Å². The molecule has 2 aromatic heterocycles. The first-order valence-corrected chi connectivity index (χ1v) is 11.9. The van der Waals surface area contributed by atoms with Gasteiger partial charge in [-0.1, -0.05) is 11.8 Å². The lowest BCUT2D eigenvalue weighted by Crippen LogP contribution is -2.37. The summed E-state index contributed by atoms with van der Waals surface area (Å²) in [7, 11) is 0. The smallest absolute Gasteiger partial charge is 0.274 e. The number of aliphatic imine (C=N–C) groups is 1. The number of carbonyl (C=O) groups excluding carboxylic acids is 1. The second kappa shape index (κ2) is 8.84. The number of aromatic nitrogens is 2. The van der Waals surface area contributed by atoms with Gasteiger partial charge in [-0.05, 0) is 38.0 Å². The van der Waals surface area contributed by atoms with Crippen LogP contribution < -0.4 is 15.8 Å². The van der Waals surface area contributed by atoms with Crippen LogP contribution in [0.15, 0.2) is 46.3 Å². The zero-order valence-corrected chi connectivity index (χ0v) is 20.2. The molecular weight excluding hydrogens is 495 g/mol. The largest absolute Gasteiger partial charge is 0.482 e. The van der Waals surface area contributed by atoms with Crippen LogP contribution in [0.2, 0.25) is 0 Å². The number of benzene rings is 1. The molecule has 3 heterocycles. The van der Waals surface area contributed by atoms with Gasteiger partial charge in [0.1, 0.15) is 24.4 Å². The molecule has 8 nitrogen and oxygen atoms in total. The molecule has 1 aliphatic carbocycles. The van der Waals surface area contributed by atoms with Gasteiger partial charge in [0.25, 0.3) is 5.91 Å². The van der Waals surface area contributed by atoms with Gasteiger partial charge in [-0.3, -0.25) is 9.79 Å². The second-order valence-corrected chi connectivity index (χ2v) is 10.4. The molecule has 1 aromatic carbocycles. The number of rotatable bonds is 7. The third kappa shape index (κ3) is 4.19. The Morgan fingerprint density at radius 3 is 2.83 bits per heavy atom. The van der Waals surface area contributed by atoms with Crippen molar-refractivity contribution in [3.8, 4) is 5.75 Å². The average Bonchev–Trinajstić information content (AvgIpc) is 3.34. The van der Waals surface area contributed by atoms with E-state index in [2.05, 4.69) is 20.3 Å². The summed E-state index contributed by atoms with van der Waals surface area (Å²) in [5, 5.41) is 2.68.